The fourth-order valence-electron chi connectivity index (χ4n) is 2.14. The second-order valence-electron chi connectivity index (χ2n) is 7.00. The lowest BCUT2D eigenvalue weighted by Gasteiger charge is -2.29. The number of hydrogen-bond donors (Lipinski definition) is 1. The van der Waals surface area contributed by atoms with Gasteiger partial charge in [0.1, 0.15) is 0 Å². The van der Waals surface area contributed by atoms with Crippen molar-refractivity contribution in [2.24, 2.45) is 11.1 Å². The van der Waals surface area contributed by atoms with Gasteiger partial charge in [0.05, 0.1) is 0 Å². The summed E-state index contributed by atoms with van der Waals surface area (Å²) >= 11 is 0. The van der Waals surface area contributed by atoms with Crippen molar-refractivity contribution in [3.8, 4) is 0 Å². The van der Waals surface area contributed by atoms with E-state index >= 15 is 0 Å². The average molecular weight is 297 g/mol. The van der Waals surface area contributed by atoms with E-state index < -0.39 is 0 Å². The van der Waals surface area contributed by atoms with E-state index in [1.54, 1.807) is 0 Å². The Labute approximate surface area is 134 Å². The molecule has 0 aromatic heterocycles. The van der Waals surface area contributed by atoms with Crippen LogP contribution in [-0.4, -0.2) is 18.0 Å². The quantitative estimate of drug-likeness (QED) is 0.552. The molecule has 2 nitrogen and oxygen atoms in total. The summed E-state index contributed by atoms with van der Waals surface area (Å²) in [7, 11) is 0. The molecule has 0 saturated heterocycles. The topological polar surface area (TPSA) is 29.3 Å². The highest BCUT2D eigenvalue weighted by molar-refractivity contribution is 4.96. The number of rotatable bonds is 9. The first kappa shape index (κ1) is 22.4. The maximum atomic E-state index is 5.34. The molecule has 0 aromatic rings. The Morgan fingerprint density at radius 1 is 1.00 bits per heavy atom. The van der Waals surface area contributed by atoms with Crippen LogP contribution in [-0.2, 0) is 0 Å². The molecule has 0 aliphatic heterocycles. The van der Waals surface area contributed by atoms with E-state index in [1.807, 2.05) is 0 Å². The third kappa shape index (κ3) is 17.0. The molecule has 0 amide bonds. The minimum atomic E-state index is 0.359. The molecular formula is C19H40N2. The van der Waals surface area contributed by atoms with Crippen molar-refractivity contribution in [2.45, 2.75) is 80.1 Å². The molecule has 0 radical (unpaired) electrons. The van der Waals surface area contributed by atoms with Gasteiger partial charge >= 0.3 is 0 Å². The summed E-state index contributed by atoms with van der Waals surface area (Å²) in [6, 6.07) is 0. The predicted octanol–water partition coefficient (Wildman–Crippen LogP) is 5.71. The van der Waals surface area contributed by atoms with E-state index in [1.165, 1.54) is 31.4 Å². The molecule has 0 unspecified atom stereocenters. The Bertz CT molecular complexity index is 274. The van der Waals surface area contributed by atoms with Crippen molar-refractivity contribution in [2.75, 3.05) is 13.1 Å². The van der Waals surface area contributed by atoms with Gasteiger partial charge in [-0.3, -0.25) is 0 Å². The molecular weight excluding hydrogens is 256 g/mol. The molecule has 126 valence electrons. The van der Waals surface area contributed by atoms with Gasteiger partial charge in [-0.1, -0.05) is 60.6 Å². The van der Waals surface area contributed by atoms with Crippen molar-refractivity contribution >= 4 is 0 Å². The van der Waals surface area contributed by atoms with Gasteiger partial charge in [0.25, 0.3) is 0 Å². The molecule has 0 heterocycles. The van der Waals surface area contributed by atoms with E-state index in [2.05, 4.69) is 59.6 Å². The smallest absolute Gasteiger partial charge is 0.0172 e. The van der Waals surface area contributed by atoms with Crippen molar-refractivity contribution in [3.05, 3.63) is 24.6 Å². The van der Waals surface area contributed by atoms with Crippen LogP contribution < -0.4 is 5.73 Å². The summed E-state index contributed by atoms with van der Waals surface area (Å²) in [5.74, 6) is 0. The maximum absolute atomic E-state index is 5.34. The van der Waals surface area contributed by atoms with Gasteiger partial charge in [0.2, 0.25) is 0 Å². The third-order valence-corrected chi connectivity index (χ3v) is 3.16. The molecule has 0 spiro atoms. The van der Waals surface area contributed by atoms with Crippen LogP contribution in [0.3, 0.4) is 0 Å². The van der Waals surface area contributed by atoms with Gasteiger partial charge in [-0.2, -0.15) is 0 Å². The second kappa shape index (κ2) is 12.8. The first-order chi connectivity index (χ1) is 9.67. The Morgan fingerprint density at radius 2 is 1.57 bits per heavy atom. The summed E-state index contributed by atoms with van der Waals surface area (Å²) in [6.45, 7) is 23.4. The van der Waals surface area contributed by atoms with Gasteiger partial charge in [-0.15, -0.1) is 0 Å². The van der Waals surface area contributed by atoms with Crippen LogP contribution >= 0.6 is 0 Å². The van der Waals surface area contributed by atoms with Crippen LogP contribution in [0.2, 0.25) is 0 Å². The van der Waals surface area contributed by atoms with Gasteiger partial charge in [0.15, 0.2) is 0 Å². The summed E-state index contributed by atoms with van der Waals surface area (Å²) < 4.78 is 0. The van der Waals surface area contributed by atoms with Gasteiger partial charge in [-0.05, 0) is 38.0 Å². The van der Waals surface area contributed by atoms with Gasteiger partial charge in [0, 0.05) is 24.5 Å². The number of hydrogen-bond acceptors (Lipinski definition) is 2. The third-order valence-electron chi connectivity index (χ3n) is 3.16. The van der Waals surface area contributed by atoms with Crippen LogP contribution in [0, 0.1) is 5.41 Å². The first-order valence-electron chi connectivity index (χ1n) is 8.53. The SMILES string of the molecule is C=C(CC(C)(C)C)N(CC)CCC.C=C(N)CCCCC. The lowest BCUT2D eigenvalue weighted by Crippen LogP contribution is -2.25. The monoisotopic (exact) mass is 296 g/mol. The highest BCUT2D eigenvalue weighted by Crippen LogP contribution is 2.24. The predicted molar refractivity (Wildman–Crippen MR) is 98.2 cm³/mol. The molecule has 0 aliphatic rings. The zero-order chi connectivity index (χ0) is 16.9. The number of allylic oxidation sites excluding steroid dienone is 2. The van der Waals surface area contributed by atoms with Crippen LogP contribution in [0.5, 0.6) is 0 Å². The van der Waals surface area contributed by atoms with Gasteiger partial charge < -0.3 is 10.6 Å². The average Bonchev–Trinajstić information content (AvgIpc) is 2.34. The number of unbranched alkanes of at least 4 members (excludes halogenated alkanes) is 2. The van der Waals surface area contributed by atoms with Gasteiger partial charge in [-0.25, -0.2) is 0 Å². The maximum Gasteiger partial charge on any atom is 0.0172 e. The molecule has 0 fully saturated rings. The summed E-state index contributed by atoms with van der Waals surface area (Å²) in [6.07, 6.45) is 7.03. The standard InChI is InChI=1S/C12H25N.C7H15N/c1-7-9-13(8-2)11(3)10-12(4,5)6;1-3-4-5-6-7(2)8/h3,7-10H2,1-2,4-6H3;2-6,8H2,1H3. The van der Waals surface area contributed by atoms with Crippen molar-refractivity contribution in [3.63, 3.8) is 0 Å². The Kier molecular flexibility index (Phi) is 13.6. The number of nitrogens with two attached hydrogens (primary N) is 1. The molecule has 0 aliphatic carbocycles. The van der Waals surface area contributed by atoms with E-state index in [4.69, 9.17) is 5.73 Å². The summed E-state index contributed by atoms with van der Waals surface area (Å²) in [5.41, 5.74) is 7.80. The molecule has 0 atom stereocenters. The largest absolute Gasteiger partial charge is 0.403 e. The Balaban J connectivity index is 0. The zero-order valence-electron chi connectivity index (χ0n) is 15.6. The minimum Gasteiger partial charge on any atom is -0.403 e. The van der Waals surface area contributed by atoms with E-state index in [-0.39, 0.29) is 0 Å². The molecule has 2 heteroatoms. The highest BCUT2D eigenvalue weighted by Gasteiger charge is 2.14. The van der Waals surface area contributed by atoms with Crippen LogP contribution in [0.15, 0.2) is 24.6 Å². The first-order valence-corrected chi connectivity index (χ1v) is 8.53. The summed E-state index contributed by atoms with van der Waals surface area (Å²) in [5, 5.41) is 0. The zero-order valence-corrected chi connectivity index (χ0v) is 15.6. The van der Waals surface area contributed by atoms with Crippen molar-refractivity contribution < 1.29 is 0 Å². The second-order valence-corrected chi connectivity index (χ2v) is 7.00. The molecule has 0 aromatic carbocycles. The van der Waals surface area contributed by atoms with Crippen LogP contribution in [0.4, 0.5) is 0 Å². The van der Waals surface area contributed by atoms with E-state index in [9.17, 15) is 0 Å². The molecule has 0 saturated carbocycles. The molecule has 2 N–H and O–H groups in total. The van der Waals surface area contributed by atoms with Crippen molar-refractivity contribution in [1.82, 2.24) is 4.90 Å². The molecule has 21 heavy (non-hydrogen) atoms. The summed E-state index contributed by atoms with van der Waals surface area (Å²) in [4.78, 5) is 2.38. The fraction of sp³-hybridized carbons (Fsp3) is 0.789. The minimum absolute atomic E-state index is 0.359. The molecule has 0 rings (SSSR count). The Hall–Kier alpha value is -0.920. The van der Waals surface area contributed by atoms with E-state index in [0.29, 0.717) is 5.41 Å². The highest BCUT2D eigenvalue weighted by atomic mass is 15.1. The van der Waals surface area contributed by atoms with Crippen LogP contribution in [0.25, 0.3) is 0 Å². The fourth-order valence-corrected chi connectivity index (χ4v) is 2.14. The van der Waals surface area contributed by atoms with E-state index in [0.717, 1.165) is 31.6 Å². The number of nitrogens with zero attached hydrogens (tertiary/aromatic N) is 1. The lowest BCUT2D eigenvalue weighted by atomic mass is 9.90. The normalized spacial score (nSPS) is 10.6. The Morgan fingerprint density at radius 3 is 1.90 bits per heavy atom. The van der Waals surface area contributed by atoms with Crippen LogP contribution in [0.1, 0.15) is 80.1 Å². The van der Waals surface area contributed by atoms with Crippen molar-refractivity contribution in [1.29, 1.82) is 0 Å². The molecule has 0 bridgehead atoms. The lowest BCUT2D eigenvalue weighted by molar-refractivity contribution is 0.300.